The molecule has 1 saturated heterocycles. The molecule has 0 bridgehead atoms. The summed E-state index contributed by atoms with van der Waals surface area (Å²) in [6, 6.07) is 12.0. The second kappa shape index (κ2) is 9.00. The molecular formula is C24H24N6OS. The first-order valence-corrected chi connectivity index (χ1v) is 11.8. The number of imidazole rings is 1. The minimum Gasteiger partial charge on any atom is -0.372 e. The molecule has 0 radical (unpaired) electrons. The van der Waals surface area contributed by atoms with Crippen LogP contribution in [0.2, 0.25) is 0 Å². The number of nitrogens with one attached hydrogen (secondary N) is 2. The molecule has 7 nitrogen and oxygen atoms in total. The number of pyridine rings is 2. The number of fused-ring (bicyclic) bond motifs is 1. The van der Waals surface area contributed by atoms with E-state index in [1.807, 2.05) is 6.07 Å². The molecule has 1 aromatic carbocycles. The average molecular weight is 445 g/mol. The number of thioether (sulfide) groups is 1. The Balaban J connectivity index is 1.43. The molecule has 0 unspecified atom stereocenters. The molecule has 1 fully saturated rings. The smallest absolute Gasteiger partial charge is 0.258 e. The van der Waals surface area contributed by atoms with Gasteiger partial charge in [0.15, 0.2) is 5.65 Å². The van der Waals surface area contributed by atoms with Gasteiger partial charge in [-0.2, -0.15) is 0 Å². The van der Waals surface area contributed by atoms with E-state index in [9.17, 15) is 4.79 Å². The molecule has 4 heterocycles. The van der Waals surface area contributed by atoms with Crippen molar-refractivity contribution >= 4 is 40.2 Å². The molecule has 1 aliphatic rings. The number of hydrogen-bond acceptors (Lipinski definition) is 6. The van der Waals surface area contributed by atoms with Gasteiger partial charge in [0.2, 0.25) is 0 Å². The van der Waals surface area contributed by atoms with Crippen LogP contribution in [0.1, 0.15) is 30.1 Å². The van der Waals surface area contributed by atoms with Gasteiger partial charge >= 0.3 is 0 Å². The van der Waals surface area contributed by atoms with Crippen molar-refractivity contribution in [2.45, 2.75) is 24.7 Å². The third-order valence-electron chi connectivity index (χ3n) is 5.57. The van der Waals surface area contributed by atoms with E-state index < -0.39 is 0 Å². The summed E-state index contributed by atoms with van der Waals surface area (Å²) in [5, 5.41) is 2.98. The Morgan fingerprint density at radius 1 is 1.12 bits per heavy atom. The van der Waals surface area contributed by atoms with Crippen molar-refractivity contribution in [1.82, 2.24) is 19.9 Å². The maximum absolute atomic E-state index is 13.1. The first kappa shape index (κ1) is 20.5. The molecule has 1 amide bonds. The van der Waals surface area contributed by atoms with Gasteiger partial charge in [-0.25, -0.2) is 9.97 Å². The van der Waals surface area contributed by atoms with Crippen LogP contribution in [-0.2, 0) is 0 Å². The molecule has 162 valence electrons. The Morgan fingerprint density at radius 3 is 2.72 bits per heavy atom. The number of aromatic amines is 1. The number of hydrogen-bond donors (Lipinski definition) is 2. The number of amides is 1. The van der Waals surface area contributed by atoms with Crippen molar-refractivity contribution in [2.75, 3.05) is 29.1 Å². The quantitative estimate of drug-likeness (QED) is 0.408. The maximum Gasteiger partial charge on any atom is 0.258 e. The van der Waals surface area contributed by atoms with Crippen molar-refractivity contribution in [2.24, 2.45) is 0 Å². The Kier molecular flexibility index (Phi) is 5.77. The number of nitrogens with zero attached hydrogens (tertiary/aromatic N) is 4. The molecule has 0 aliphatic carbocycles. The number of benzene rings is 1. The lowest BCUT2D eigenvalue weighted by molar-refractivity contribution is 0.102. The zero-order chi connectivity index (χ0) is 21.9. The molecule has 0 saturated carbocycles. The fourth-order valence-corrected chi connectivity index (χ4v) is 4.71. The molecule has 2 N–H and O–H groups in total. The number of anilines is 2. The van der Waals surface area contributed by atoms with Crippen LogP contribution in [-0.4, -0.2) is 44.7 Å². The Bertz CT molecular complexity index is 1250. The van der Waals surface area contributed by atoms with Crippen LogP contribution >= 0.6 is 11.8 Å². The van der Waals surface area contributed by atoms with Gasteiger partial charge in [-0.15, -0.1) is 11.8 Å². The second-order valence-electron chi connectivity index (χ2n) is 7.64. The lowest BCUT2D eigenvalue weighted by atomic mass is 10.2. The second-order valence-corrected chi connectivity index (χ2v) is 8.95. The fourth-order valence-electron chi connectivity index (χ4n) is 3.98. The van der Waals surface area contributed by atoms with Gasteiger partial charge in [0.05, 0.1) is 17.4 Å². The summed E-state index contributed by atoms with van der Waals surface area (Å²) in [5.74, 6) is 1.38. The van der Waals surface area contributed by atoms with Gasteiger partial charge in [-0.3, -0.25) is 9.78 Å². The first-order chi connectivity index (χ1) is 15.7. The minimum atomic E-state index is -0.231. The lowest BCUT2D eigenvalue weighted by Crippen LogP contribution is -2.17. The summed E-state index contributed by atoms with van der Waals surface area (Å²) in [6.45, 7) is 4.30. The van der Waals surface area contributed by atoms with Gasteiger partial charge in [-0.05, 0) is 55.0 Å². The largest absolute Gasteiger partial charge is 0.372 e. The standard InChI is InChI=1S/C24H24N6OS/c1-2-32-20-10-11-25-15-19(20)27-24(31)18-9-12-26-23-21(18)28-22(29-23)16-5-7-17(8-6-16)30-13-3-4-14-30/h5-12,15H,2-4,13-14H2,1H3,(H,27,31)(H,26,28,29). The third-order valence-corrected chi connectivity index (χ3v) is 6.53. The van der Waals surface area contributed by atoms with Crippen LogP contribution in [0.15, 0.2) is 59.9 Å². The van der Waals surface area contributed by atoms with Gasteiger partial charge in [0.25, 0.3) is 5.91 Å². The molecule has 0 atom stereocenters. The average Bonchev–Trinajstić information content (AvgIpc) is 3.51. The molecule has 0 spiro atoms. The van der Waals surface area contributed by atoms with E-state index in [2.05, 4.69) is 56.4 Å². The summed E-state index contributed by atoms with van der Waals surface area (Å²) in [4.78, 5) is 33.0. The van der Waals surface area contributed by atoms with Crippen molar-refractivity contribution in [1.29, 1.82) is 0 Å². The predicted octanol–water partition coefficient (Wildman–Crippen LogP) is 4.98. The molecule has 32 heavy (non-hydrogen) atoms. The van der Waals surface area contributed by atoms with Crippen LogP contribution < -0.4 is 10.2 Å². The van der Waals surface area contributed by atoms with Gasteiger partial charge in [0, 0.05) is 41.6 Å². The van der Waals surface area contributed by atoms with Crippen LogP contribution in [0.5, 0.6) is 0 Å². The highest BCUT2D eigenvalue weighted by Crippen LogP contribution is 2.28. The predicted molar refractivity (Wildman–Crippen MR) is 129 cm³/mol. The number of aromatic nitrogens is 4. The highest BCUT2D eigenvalue weighted by molar-refractivity contribution is 7.99. The topological polar surface area (TPSA) is 86.8 Å². The van der Waals surface area contributed by atoms with E-state index in [0.717, 1.165) is 29.3 Å². The van der Waals surface area contributed by atoms with Crippen molar-refractivity contribution in [3.63, 3.8) is 0 Å². The maximum atomic E-state index is 13.1. The van der Waals surface area contributed by atoms with E-state index in [1.54, 1.807) is 36.4 Å². The van der Waals surface area contributed by atoms with Gasteiger partial charge < -0.3 is 15.2 Å². The molecule has 8 heteroatoms. The third kappa shape index (κ3) is 4.05. The lowest BCUT2D eigenvalue weighted by Gasteiger charge is -2.17. The van der Waals surface area contributed by atoms with Crippen molar-refractivity contribution in [3.05, 3.63) is 60.6 Å². The number of carbonyl (C=O) groups excluding carboxylic acids is 1. The zero-order valence-corrected chi connectivity index (χ0v) is 18.7. The molecule has 4 aromatic rings. The first-order valence-electron chi connectivity index (χ1n) is 10.8. The van der Waals surface area contributed by atoms with Crippen LogP contribution in [0.25, 0.3) is 22.6 Å². The molecule has 5 rings (SSSR count). The van der Waals surface area contributed by atoms with Crippen molar-refractivity contribution in [3.8, 4) is 11.4 Å². The number of carbonyl (C=O) groups is 1. The summed E-state index contributed by atoms with van der Waals surface area (Å²) in [6.07, 6.45) is 7.53. The zero-order valence-electron chi connectivity index (χ0n) is 17.8. The normalized spacial score (nSPS) is 13.6. The summed E-state index contributed by atoms with van der Waals surface area (Å²) in [5.41, 5.74) is 4.51. The van der Waals surface area contributed by atoms with Crippen LogP contribution in [0.4, 0.5) is 11.4 Å². The van der Waals surface area contributed by atoms with E-state index >= 15 is 0 Å². The summed E-state index contributed by atoms with van der Waals surface area (Å²) in [7, 11) is 0. The SMILES string of the molecule is CCSc1ccncc1NC(=O)c1ccnc2[nH]c(-c3ccc(N4CCCC4)cc3)nc12. The van der Waals surface area contributed by atoms with E-state index in [-0.39, 0.29) is 5.91 Å². The number of H-pyrrole nitrogens is 1. The van der Waals surface area contributed by atoms with E-state index in [1.165, 1.54) is 18.5 Å². The molecular weight excluding hydrogens is 420 g/mol. The van der Waals surface area contributed by atoms with Crippen LogP contribution in [0, 0.1) is 0 Å². The fraction of sp³-hybridized carbons (Fsp3) is 0.250. The monoisotopic (exact) mass is 444 g/mol. The highest BCUT2D eigenvalue weighted by atomic mass is 32.2. The highest BCUT2D eigenvalue weighted by Gasteiger charge is 2.17. The Labute approximate surface area is 190 Å². The van der Waals surface area contributed by atoms with Crippen molar-refractivity contribution < 1.29 is 4.79 Å². The molecule has 1 aliphatic heterocycles. The van der Waals surface area contributed by atoms with E-state index in [0.29, 0.717) is 28.2 Å². The van der Waals surface area contributed by atoms with E-state index in [4.69, 9.17) is 4.98 Å². The minimum absolute atomic E-state index is 0.231. The summed E-state index contributed by atoms with van der Waals surface area (Å²) < 4.78 is 0. The Hall–Kier alpha value is -3.39. The van der Waals surface area contributed by atoms with Crippen LogP contribution in [0.3, 0.4) is 0 Å². The number of rotatable bonds is 6. The summed E-state index contributed by atoms with van der Waals surface area (Å²) >= 11 is 1.66. The van der Waals surface area contributed by atoms with Gasteiger partial charge in [-0.1, -0.05) is 6.92 Å². The van der Waals surface area contributed by atoms with Gasteiger partial charge in [0.1, 0.15) is 11.3 Å². The molecule has 3 aromatic heterocycles. The Morgan fingerprint density at radius 2 is 1.94 bits per heavy atom.